The van der Waals surface area contributed by atoms with E-state index in [9.17, 15) is 0 Å². The van der Waals surface area contributed by atoms with Crippen LogP contribution in [0.2, 0.25) is 0 Å². The van der Waals surface area contributed by atoms with Crippen molar-refractivity contribution in [3.8, 4) is 5.75 Å². The van der Waals surface area contributed by atoms with Crippen LogP contribution in [-0.2, 0) is 0 Å². The van der Waals surface area contributed by atoms with Gasteiger partial charge in [-0.15, -0.1) is 0 Å². The Kier molecular flexibility index (Phi) is 4.53. The van der Waals surface area contributed by atoms with Gasteiger partial charge in [0, 0.05) is 0 Å². The molecule has 0 radical (unpaired) electrons. The van der Waals surface area contributed by atoms with E-state index >= 15 is 0 Å². The average Bonchev–Trinajstić information content (AvgIpc) is 2.41. The number of aryl methyl sites for hydroxylation is 1. The van der Waals surface area contributed by atoms with Gasteiger partial charge in [0.25, 0.3) is 0 Å². The van der Waals surface area contributed by atoms with Gasteiger partial charge in [0.1, 0.15) is 0 Å². The third-order valence-corrected chi connectivity index (χ3v) is 5.18. The molecular formula is C15H14OSSe. The Morgan fingerprint density at radius 3 is 2.17 bits per heavy atom. The molecule has 0 fully saturated rings. The summed E-state index contributed by atoms with van der Waals surface area (Å²) in [5.74, 6) is 0.865. The number of benzene rings is 2. The van der Waals surface area contributed by atoms with E-state index in [0.717, 1.165) is 15.1 Å². The summed E-state index contributed by atoms with van der Waals surface area (Å²) in [6.45, 7) is 2.10. The average molecular weight is 321 g/mol. The van der Waals surface area contributed by atoms with Crippen LogP contribution < -0.4 is 9.20 Å². The molecule has 0 aliphatic rings. The second-order valence-corrected chi connectivity index (χ2v) is 7.20. The first-order chi connectivity index (χ1) is 8.69. The normalized spacial score (nSPS) is 10.1. The van der Waals surface area contributed by atoms with Crippen molar-refractivity contribution in [3.63, 3.8) is 0 Å². The molecule has 0 bridgehead atoms. The third-order valence-electron chi connectivity index (χ3n) is 2.56. The zero-order valence-corrected chi connectivity index (χ0v) is 12.9. The summed E-state index contributed by atoms with van der Waals surface area (Å²) in [6, 6.07) is 16.5. The van der Waals surface area contributed by atoms with Crippen molar-refractivity contribution in [3.05, 3.63) is 59.7 Å². The van der Waals surface area contributed by atoms with Crippen LogP contribution in [0, 0.1) is 6.92 Å². The molecule has 92 valence electrons. The van der Waals surface area contributed by atoms with Crippen LogP contribution >= 0.6 is 12.2 Å². The summed E-state index contributed by atoms with van der Waals surface area (Å²) in [5, 5.41) is 0. The Labute approximate surface area is 119 Å². The van der Waals surface area contributed by atoms with E-state index in [4.69, 9.17) is 17.0 Å². The van der Waals surface area contributed by atoms with Crippen molar-refractivity contribution in [1.29, 1.82) is 0 Å². The number of methoxy groups -OCH3 is 1. The molecule has 0 aromatic heterocycles. The van der Waals surface area contributed by atoms with Gasteiger partial charge in [-0.25, -0.2) is 0 Å². The van der Waals surface area contributed by atoms with Gasteiger partial charge in [0.2, 0.25) is 0 Å². The molecule has 0 aliphatic carbocycles. The Morgan fingerprint density at radius 1 is 1.00 bits per heavy atom. The predicted molar refractivity (Wildman–Crippen MR) is 81.3 cm³/mol. The summed E-state index contributed by atoms with van der Waals surface area (Å²) >= 11 is 5.71. The molecule has 0 unspecified atom stereocenters. The quantitative estimate of drug-likeness (QED) is 0.633. The molecule has 1 nitrogen and oxygen atoms in total. The van der Waals surface area contributed by atoms with Crippen LogP contribution in [0.4, 0.5) is 0 Å². The van der Waals surface area contributed by atoms with Crippen molar-refractivity contribution in [2.45, 2.75) is 6.92 Å². The minimum absolute atomic E-state index is 0.206. The van der Waals surface area contributed by atoms with Gasteiger partial charge in [-0.05, 0) is 0 Å². The summed E-state index contributed by atoms with van der Waals surface area (Å²) < 4.78 is 7.48. The summed E-state index contributed by atoms with van der Waals surface area (Å²) in [7, 11) is 1.67. The zero-order chi connectivity index (χ0) is 13.0. The topological polar surface area (TPSA) is 9.23 Å². The van der Waals surface area contributed by atoms with Crippen LogP contribution in [0.1, 0.15) is 11.1 Å². The van der Waals surface area contributed by atoms with Crippen LogP contribution in [0.25, 0.3) is 0 Å². The Bertz CT molecular complexity index is 531. The van der Waals surface area contributed by atoms with Gasteiger partial charge >= 0.3 is 120 Å². The van der Waals surface area contributed by atoms with Gasteiger partial charge < -0.3 is 0 Å². The van der Waals surface area contributed by atoms with Gasteiger partial charge in [0.15, 0.2) is 0 Å². The van der Waals surface area contributed by atoms with Crippen LogP contribution in [-0.4, -0.2) is 25.8 Å². The molecule has 0 atom stereocenters. The van der Waals surface area contributed by atoms with Crippen molar-refractivity contribution >= 4 is 35.4 Å². The first-order valence-corrected chi connectivity index (χ1v) is 7.74. The van der Waals surface area contributed by atoms with Crippen LogP contribution in [0.15, 0.2) is 48.5 Å². The molecule has 0 saturated heterocycles. The van der Waals surface area contributed by atoms with Crippen LogP contribution in [0.5, 0.6) is 5.75 Å². The maximum absolute atomic E-state index is 5.50. The monoisotopic (exact) mass is 322 g/mol. The fourth-order valence-electron chi connectivity index (χ4n) is 1.50. The Morgan fingerprint density at radius 2 is 1.61 bits per heavy atom. The summed E-state index contributed by atoms with van der Waals surface area (Å²) in [4.78, 5) is 0. The zero-order valence-electron chi connectivity index (χ0n) is 10.3. The number of ether oxygens (including phenoxy) is 1. The van der Waals surface area contributed by atoms with E-state index in [1.165, 1.54) is 10.0 Å². The first kappa shape index (κ1) is 13.3. The standard InChI is InChI=1S/C15H14OSSe/c1-11-3-9-14(10-4-11)18-15(17)12-5-7-13(16-2)8-6-12/h3-10H,1-2H3. The molecule has 2 rings (SSSR count). The molecule has 0 spiro atoms. The molecule has 2 aromatic rings. The number of rotatable bonds is 4. The van der Waals surface area contributed by atoms with E-state index < -0.39 is 0 Å². The molecule has 0 saturated carbocycles. The van der Waals surface area contributed by atoms with E-state index in [2.05, 4.69) is 31.2 Å². The van der Waals surface area contributed by atoms with Gasteiger partial charge in [0.05, 0.1) is 0 Å². The number of hydrogen-bond donors (Lipinski definition) is 0. The molecule has 0 aliphatic heterocycles. The van der Waals surface area contributed by atoms with Crippen molar-refractivity contribution in [2.75, 3.05) is 7.11 Å². The third kappa shape index (κ3) is 3.42. The Hall–Kier alpha value is -1.15. The molecule has 3 heteroatoms. The number of hydrogen-bond acceptors (Lipinski definition) is 2. The van der Waals surface area contributed by atoms with Crippen molar-refractivity contribution in [2.24, 2.45) is 0 Å². The first-order valence-electron chi connectivity index (χ1n) is 5.62. The second kappa shape index (κ2) is 6.14. The van der Waals surface area contributed by atoms with Crippen molar-refractivity contribution in [1.82, 2.24) is 0 Å². The van der Waals surface area contributed by atoms with Crippen molar-refractivity contribution < 1.29 is 4.74 Å². The fourth-order valence-corrected chi connectivity index (χ4v) is 3.69. The van der Waals surface area contributed by atoms with E-state index in [1.807, 2.05) is 24.3 Å². The molecule has 0 N–H and O–H groups in total. The molecule has 0 heterocycles. The number of thiocarbonyl (C=S) groups is 1. The summed E-state index contributed by atoms with van der Waals surface area (Å²) in [6.07, 6.45) is 0. The van der Waals surface area contributed by atoms with E-state index in [1.54, 1.807) is 7.11 Å². The molecule has 2 aromatic carbocycles. The Balaban J connectivity index is 2.09. The van der Waals surface area contributed by atoms with Gasteiger partial charge in [-0.3, -0.25) is 0 Å². The SMILES string of the molecule is COc1ccc(C(=S)[Se]c2ccc(C)cc2)cc1. The molecule has 0 amide bonds. The van der Waals surface area contributed by atoms with E-state index in [0.29, 0.717) is 0 Å². The van der Waals surface area contributed by atoms with Crippen LogP contribution in [0.3, 0.4) is 0 Å². The molecule has 18 heavy (non-hydrogen) atoms. The maximum atomic E-state index is 5.50. The summed E-state index contributed by atoms with van der Waals surface area (Å²) in [5.41, 5.74) is 2.40. The molecular weight excluding hydrogens is 307 g/mol. The van der Waals surface area contributed by atoms with Gasteiger partial charge in [-0.2, -0.15) is 0 Å². The fraction of sp³-hybridized carbons (Fsp3) is 0.133. The second-order valence-electron chi connectivity index (χ2n) is 3.93. The predicted octanol–water partition coefficient (Wildman–Crippen LogP) is 2.71. The van der Waals surface area contributed by atoms with Gasteiger partial charge in [-0.1, -0.05) is 0 Å². The van der Waals surface area contributed by atoms with E-state index in [-0.39, 0.29) is 15.0 Å². The minimum atomic E-state index is 0.206.